The molecule has 10 nitrogen and oxygen atoms in total. The van der Waals surface area contributed by atoms with Gasteiger partial charge in [0.25, 0.3) is 0 Å². The number of rotatable bonds is 7. The molecule has 1 rings (SSSR count). The third kappa shape index (κ3) is 5.30. The van der Waals surface area contributed by atoms with Gasteiger partial charge in [0.1, 0.15) is 42.7 Å². The van der Waals surface area contributed by atoms with E-state index in [1.165, 1.54) is 0 Å². The fraction of sp³-hybridized carbons (Fsp3) is 1.00. The van der Waals surface area contributed by atoms with Gasteiger partial charge in [0.05, 0.1) is 19.3 Å². The highest BCUT2D eigenvalue weighted by Crippen LogP contribution is 2.28. The first-order valence-corrected chi connectivity index (χ1v) is 8.06. The minimum absolute atomic E-state index is 0.675. The Balaban J connectivity index is 2.98. The highest BCUT2D eigenvalue weighted by atomic mass is 16.7. The summed E-state index contributed by atoms with van der Waals surface area (Å²) >= 11 is 0. The molecule has 0 bridgehead atoms. The van der Waals surface area contributed by atoms with Gasteiger partial charge < -0.3 is 50.3 Å². The Kier molecular flexibility index (Phi) is 8.15. The van der Waals surface area contributed by atoms with Crippen LogP contribution in [0.4, 0.5) is 0 Å². The van der Waals surface area contributed by atoms with Crippen LogP contribution in [0.2, 0.25) is 0 Å². The molecule has 0 radical (unpaired) electrons. The molecule has 10 heteroatoms. The largest absolute Gasteiger partial charge is 0.394 e. The lowest BCUT2D eigenvalue weighted by Gasteiger charge is -2.43. The summed E-state index contributed by atoms with van der Waals surface area (Å²) in [5.41, 5.74) is -0.786. The lowest BCUT2D eigenvalue weighted by atomic mass is 9.83. The van der Waals surface area contributed by atoms with Gasteiger partial charge in [-0.25, -0.2) is 0 Å². The van der Waals surface area contributed by atoms with Crippen LogP contribution in [0.5, 0.6) is 0 Å². The van der Waals surface area contributed by atoms with Crippen LogP contribution in [0, 0.1) is 5.41 Å². The molecule has 1 saturated heterocycles. The van der Waals surface area contributed by atoms with Crippen molar-refractivity contribution in [2.24, 2.45) is 5.41 Å². The Bertz CT molecular complexity index is 398. The molecule has 0 aromatic heterocycles. The zero-order valence-corrected chi connectivity index (χ0v) is 14.5. The Hall–Kier alpha value is -0.400. The summed E-state index contributed by atoms with van der Waals surface area (Å²) in [4.78, 5) is 0. The van der Waals surface area contributed by atoms with E-state index in [1.807, 2.05) is 0 Å². The number of aliphatic hydroxyl groups excluding tert-OH is 8. The zero-order valence-electron chi connectivity index (χ0n) is 14.5. The number of aliphatic hydroxyl groups is 8. The van der Waals surface area contributed by atoms with Crippen molar-refractivity contribution in [1.82, 2.24) is 0 Å². The number of ether oxygens (including phenoxy) is 2. The molecule has 0 aliphatic carbocycles. The van der Waals surface area contributed by atoms with Crippen molar-refractivity contribution in [3.8, 4) is 0 Å². The van der Waals surface area contributed by atoms with Crippen LogP contribution in [0.1, 0.15) is 20.8 Å². The van der Waals surface area contributed by atoms with Crippen molar-refractivity contribution < 1.29 is 50.3 Å². The van der Waals surface area contributed by atoms with Crippen LogP contribution in [0.3, 0.4) is 0 Å². The van der Waals surface area contributed by atoms with Crippen LogP contribution in [-0.4, -0.2) is 109 Å². The highest BCUT2D eigenvalue weighted by molar-refractivity contribution is 4.92. The Morgan fingerprint density at radius 2 is 1.52 bits per heavy atom. The van der Waals surface area contributed by atoms with Crippen LogP contribution in [-0.2, 0) is 9.47 Å². The van der Waals surface area contributed by atoms with Crippen LogP contribution < -0.4 is 0 Å². The standard InChI is InChI=1S/C15H30O10/c1-15(2,3)13(23)11(22)12(6(18)4-16)25-14-10(21)9(20)8(19)7(5-17)24-14/h6-14,16-23H,4-5H2,1-3H3/t6-,7?,8?,9?,10?,11+,12-,13-,14?/m1/s1. The molecule has 0 saturated carbocycles. The van der Waals surface area contributed by atoms with E-state index in [0.29, 0.717) is 0 Å². The predicted octanol–water partition coefficient (Wildman–Crippen LogP) is -3.71. The minimum atomic E-state index is -1.75. The number of hydrogen-bond acceptors (Lipinski definition) is 10. The second-order valence-corrected chi connectivity index (χ2v) is 7.35. The van der Waals surface area contributed by atoms with Crippen molar-refractivity contribution in [1.29, 1.82) is 0 Å². The Morgan fingerprint density at radius 1 is 0.960 bits per heavy atom. The lowest BCUT2D eigenvalue weighted by Crippen LogP contribution is -2.62. The monoisotopic (exact) mass is 370 g/mol. The third-order valence-electron chi connectivity index (χ3n) is 4.25. The van der Waals surface area contributed by atoms with Crippen molar-refractivity contribution in [2.75, 3.05) is 13.2 Å². The van der Waals surface area contributed by atoms with E-state index >= 15 is 0 Å². The molecule has 1 fully saturated rings. The van der Waals surface area contributed by atoms with E-state index in [4.69, 9.17) is 14.6 Å². The van der Waals surface area contributed by atoms with Crippen molar-refractivity contribution in [2.45, 2.75) is 75.9 Å². The van der Waals surface area contributed by atoms with E-state index < -0.39 is 73.8 Å². The molecule has 150 valence electrons. The average Bonchev–Trinajstić information content (AvgIpc) is 2.56. The quantitative estimate of drug-likeness (QED) is 0.222. The van der Waals surface area contributed by atoms with Crippen molar-refractivity contribution >= 4 is 0 Å². The van der Waals surface area contributed by atoms with Crippen molar-refractivity contribution in [3.05, 3.63) is 0 Å². The molecular weight excluding hydrogens is 340 g/mol. The van der Waals surface area contributed by atoms with Gasteiger partial charge in [0.2, 0.25) is 0 Å². The Labute approximate surface area is 145 Å². The number of hydrogen-bond donors (Lipinski definition) is 8. The molecule has 0 spiro atoms. The fourth-order valence-corrected chi connectivity index (χ4v) is 2.53. The molecule has 8 N–H and O–H groups in total. The molecule has 0 amide bonds. The summed E-state index contributed by atoms with van der Waals surface area (Å²) in [5.74, 6) is 0. The molecule has 0 aromatic carbocycles. The third-order valence-corrected chi connectivity index (χ3v) is 4.25. The van der Waals surface area contributed by atoms with Gasteiger partial charge in [-0.1, -0.05) is 20.8 Å². The van der Waals surface area contributed by atoms with Gasteiger partial charge in [-0.2, -0.15) is 0 Å². The topological polar surface area (TPSA) is 180 Å². The predicted molar refractivity (Wildman–Crippen MR) is 83.2 cm³/mol. The van der Waals surface area contributed by atoms with Gasteiger partial charge >= 0.3 is 0 Å². The molecule has 25 heavy (non-hydrogen) atoms. The maximum absolute atomic E-state index is 10.3. The summed E-state index contributed by atoms with van der Waals surface area (Å²) in [6, 6.07) is 0. The summed E-state index contributed by atoms with van der Waals surface area (Å²) in [7, 11) is 0. The molecule has 5 unspecified atom stereocenters. The normalized spacial score (nSPS) is 35.9. The highest BCUT2D eigenvalue weighted by Gasteiger charge is 2.47. The van der Waals surface area contributed by atoms with Gasteiger partial charge in [-0.15, -0.1) is 0 Å². The first-order chi connectivity index (χ1) is 11.4. The first kappa shape index (κ1) is 22.6. The van der Waals surface area contributed by atoms with Gasteiger partial charge in [0, 0.05) is 0 Å². The molecule has 1 aliphatic rings. The summed E-state index contributed by atoms with van der Waals surface area (Å²) < 4.78 is 10.5. The molecule has 0 aromatic rings. The maximum Gasteiger partial charge on any atom is 0.187 e. The van der Waals surface area contributed by atoms with E-state index in [-0.39, 0.29) is 0 Å². The maximum atomic E-state index is 10.3. The van der Waals surface area contributed by atoms with Gasteiger partial charge in [-0.3, -0.25) is 0 Å². The van der Waals surface area contributed by atoms with E-state index in [0.717, 1.165) is 0 Å². The Morgan fingerprint density at radius 3 is 1.96 bits per heavy atom. The van der Waals surface area contributed by atoms with Crippen molar-refractivity contribution in [3.63, 3.8) is 0 Å². The van der Waals surface area contributed by atoms with Crippen LogP contribution >= 0.6 is 0 Å². The smallest absolute Gasteiger partial charge is 0.187 e. The first-order valence-electron chi connectivity index (χ1n) is 8.06. The molecule has 1 aliphatic heterocycles. The van der Waals surface area contributed by atoms with Crippen LogP contribution in [0.15, 0.2) is 0 Å². The lowest BCUT2D eigenvalue weighted by molar-refractivity contribution is -0.328. The summed E-state index contributed by atoms with van der Waals surface area (Å²) in [5, 5.41) is 78.3. The minimum Gasteiger partial charge on any atom is -0.394 e. The van der Waals surface area contributed by atoms with E-state index in [2.05, 4.69) is 0 Å². The van der Waals surface area contributed by atoms with Gasteiger partial charge in [-0.05, 0) is 5.41 Å². The second-order valence-electron chi connectivity index (χ2n) is 7.35. The summed E-state index contributed by atoms with van der Waals surface area (Å²) in [6.07, 6.45) is -14.1. The fourth-order valence-electron chi connectivity index (χ4n) is 2.53. The van der Waals surface area contributed by atoms with E-state index in [9.17, 15) is 35.7 Å². The second kappa shape index (κ2) is 9.00. The molecule has 1 heterocycles. The molecular formula is C15H30O10. The van der Waals surface area contributed by atoms with Gasteiger partial charge in [0.15, 0.2) is 6.29 Å². The van der Waals surface area contributed by atoms with E-state index in [1.54, 1.807) is 20.8 Å². The van der Waals surface area contributed by atoms with Crippen LogP contribution in [0.25, 0.3) is 0 Å². The average molecular weight is 370 g/mol. The SMILES string of the molecule is CC(C)(C)[C@H](O)[C@@H](O)[C@H](OC1OC(CO)C(O)C(O)C1O)[C@H](O)CO. The molecule has 9 atom stereocenters. The zero-order chi connectivity index (χ0) is 19.5. The summed E-state index contributed by atoms with van der Waals surface area (Å²) in [6.45, 7) is 3.42.